The number of nitrogens with one attached hydrogen (secondary N) is 1. The van der Waals surface area contributed by atoms with Gasteiger partial charge in [0.25, 0.3) is 0 Å². The Balaban J connectivity index is 1.54. The first kappa shape index (κ1) is 25.5. The summed E-state index contributed by atoms with van der Waals surface area (Å²) < 4.78 is 42.2. The van der Waals surface area contributed by atoms with Crippen LogP contribution in [0.15, 0.2) is 18.2 Å². The fourth-order valence-corrected chi connectivity index (χ4v) is 5.22. The lowest BCUT2D eigenvalue weighted by molar-refractivity contribution is -0.0668. The van der Waals surface area contributed by atoms with E-state index in [4.69, 9.17) is 20.2 Å². The Bertz CT molecular complexity index is 1050. The third kappa shape index (κ3) is 5.19. The van der Waals surface area contributed by atoms with Crippen molar-refractivity contribution in [3.8, 4) is 0 Å². The number of imidazole rings is 1. The summed E-state index contributed by atoms with van der Waals surface area (Å²) in [5, 5.41) is 2.86. The second-order valence-corrected chi connectivity index (χ2v) is 9.21. The summed E-state index contributed by atoms with van der Waals surface area (Å²) >= 11 is 0. The highest BCUT2D eigenvalue weighted by Gasteiger charge is 2.42. The molecule has 10 heteroatoms. The molecule has 8 nitrogen and oxygen atoms in total. The fraction of sp³-hybridized carbons (Fsp3) is 0.600. The Morgan fingerprint density at radius 1 is 1.34 bits per heavy atom. The van der Waals surface area contributed by atoms with Gasteiger partial charge in [0.15, 0.2) is 0 Å². The average molecular weight is 492 g/mol. The third-order valence-electron chi connectivity index (χ3n) is 7.03. The second-order valence-electron chi connectivity index (χ2n) is 9.21. The number of rotatable bonds is 8. The zero-order chi connectivity index (χ0) is 25.1. The predicted octanol–water partition coefficient (Wildman–Crippen LogP) is 3.94. The van der Waals surface area contributed by atoms with Crippen LogP contribution in [0.25, 0.3) is 0 Å². The van der Waals surface area contributed by atoms with Gasteiger partial charge < -0.3 is 25.1 Å². The van der Waals surface area contributed by atoms with Crippen molar-refractivity contribution >= 4 is 6.09 Å². The van der Waals surface area contributed by atoms with Gasteiger partial charge in [0.1, 0.15) is 23.6 Å². The van der Waals surface area contributed by atoms with E-state index < -0.39 is 29.9 Å². The number of carbonyl (C=O) groups excluding carboxylic acids is 1. The largest absolute Gasteiger partial charge is 0.450 e. The van der Waals surface area contributed by atoms with Gasteiger partial charge in [0.05, 0.1) is 43.2 Å². The predicted molar refractivity (Wildman–Crippen MR) is 126 cm³/mol. The number of halogens is 2. The maximum atomic E-state index is 14.6. The van der Waals surface area contributed by atoms with E-state index >= 15 is 0 Å². The van der Waals surface area contributed by atoms with Crippen molar-refractivity contribution in [2.45, 2.75) is 83.9 Å². The summed E-state index contributed by atoms with van der Waals surface area (Å²) in [4.78, 5) is 19.6. The second kappa shape index (κ2) is 11.0. The highest BCUT2D eigenvalue weighted by molar-refractivity contribution is 5.67. The van der Waals surface area contributed by atoms with Crippen molar-refractivity contribution in [2.75, 3.05) is 13.2 Å². The minimum absolute atomic E-state index is 0.0383. The molecule has 1 unspecified atom stereocenters. The molecule has 1 fully saturated rings. The lowest BCUT2D eigenvalue weighted by atomic mass is 9.92. The average Bonchev–Trinajstić information content (AvgIpc) is 3.36. The molecule has 2 aliphatic rings. The highest BCUT2D eigenvalue weighted by Crippen LogP contribution is 2.40. The summed E-state index contributed by atoms with van der Waals surface area (Å²) in [6, 6.07) is 2.68. The van der Waals surface area contributed by atoms with Gasteiger partial charge in [-0.05, 0) is 44.9 Å². The van der Waals surface area contributed by atoms with Crippen molar-refractivity contribution in [1.82, 2.24) is 19.8 Å². The quantitative estimate of drug-likeness (QED) is 0.543. The van der Waals surface area contributed by atoms with E-state index in [1.807, 2.05) is 6.92 Å². The molecule has 0 aliphatic carbocycles. The van der Waals surface area contributed by atoms with Gasteiger partial charge in [-0.3, -0.25) is 4.90 Å². The minimum Gasteiger partial charge on any atom is -0.450 e. The monoisotopic (exact) mass is 491 g/mol. The van der Waals surface area contributed by atoms with Crippen LogP contribution in [0.2, 0.25) is 0 Å². The number of alkyl carbamates (subject to hydrolysis) is 1. The highest BCUT2D eigenvalue weighted by atomic mass is 19.1. The number of nitrogens with zero attached hydrogens (tertiary/aromatic N) is 3. The van der Waals surface area contributed by atoms with Gasteiger partial charge in [-0.15, -0.1) is 0 Å². The fourth-order valence-electron chi connectivity index (χ4n) is 5.22. The first-order valence-corrected chi connectivity index (χ1v) is 12.4. The number of amides is 1. The summed E-state index contributed by atoms with van der Waals surface area (Å²) in [6.45, 7) is 8.63. The van der Waals surface area contributed by atoms with Crippen molar-refractivity contribution in [3.63, 3.8) is 0 Å². The molecule has 1 aromatic carbocycles. The summed E-state index contributed by atoms with van der Waals surface area (Å²) in [5.41, 5.74) is 8.12. The number of unbranched alkanes of at least 4 members (excludes halogenated alkanes) is 1. The van der Waals surface area contributed by atoms with Crippen molar-refractivity contribution < 1.29 is 23.0 Å². The number of ether oxygens (including phenoxy) is 2. The smallest absolute Gasteiger partial charge is 0.407 e. The molecule has 192 valence electrons. The lowest BCUT2D eigenvalue weighted by Crippen LogP contribution is -2.51. The van der Waals surface area contributed by atoms with Crippen LogP contribution in [0.5, 0.6) is 0 Å². The number of benzene rings is 1. The van der Waals surface area contributed by atoms with Gasteiger partial charge >= 0.3 is 6.09 Å². The molecule has 35 heavy (non-hydrogen) atoms. The van der Waals surface area contributed by atoms with Crippen LogP contribution in [-0.2, 0) is 29.1 Å². The van der Waals surface area contributed by atoms with Gasteiger partial charge in [0, 0.05) is 24.7 Å². The number of nitrogens with two attached hydrogens (primary N) is 1. The molecule has 0 radical (unpaired) electrons. The number of fused-ring (bicyclic) bond motifs is 1. The first-order chi connectivity index (χ1) is 16.9. The maximum absolute atomic E-state index is 14.6. The van der Waals surface area contributed by atoms with Gasteiger partial charge in [0.2, 0.25) is 0 Å². The van der Waals surface area contributed by atoms with Crippen LogP contribution >= 0.6 is 0 Å². The Kier molecular flexibility index (Phi) is 8.03. The van der Waals surface area contributed by atoms with Crippen molar-refractivity contribution in [3.05, 3.63) is 52.6 Å². The van der Waals surface area contributed by atoms with Crippen LogP contribution < -0.4 is 11.1 Å². The molecule has 0 saturated carbocycles. The Hall–Kier alpha value is -2.56. The van der Waals surface area contributed by atoms with Crippen LogP contribution in [0.3, 0.4) is 0 Å². The number of hydrogen-bond acceptors (Lipinski definition) is 6. The SMILES string of the molecule is CCCCOC(=O)N[C@H]1C[C@@H](N2Cc3c(nc(CN)n3CC)C2C)CO[C@@H]1c1cc(F)ccc1F. The summed E-state index contributed by atoms with van der Waals surface area (Å²) in [5.74, 6) is -0.253. The third-order valence-corrected chi connectivity index (χ3v) is 7.03. The first-order valence-electron chi connectivity index (χ1n) is 12.4. The van der Waals surface area contributed by atoms with E-state index in [0.717, 1.165) is 54.8 Å². The van der Waals surface area contributed by atoms with Gasteiger partial charge in [-0.1, -0.05) is 13.3 Å². The molecule has 4 atom stereocenters. The maximum Gasteiger partial charge on any atom is 0.407 e. The molecule has 1 amide bonds. The molecule has 3 N–H and O–H groups in total. The van der Waals surface area contributed by atoms with E-state index in [-0.39, 0.29) is 17.6 Å². The minimum atomic E-state index is -0.826. The van der Waals surface area contributed by atoms with Crippen LogP contribution in [0.4, 0.5) is 13.6 Å². The van der Waals surface area contributed by atoms with Gasteiger partial charge in [-0.2, -0.15) is 0 Å². The molecule has 0 bridgehead atoms. The summed E-state index contributed by atoms with van der Waals surface area (Å²) in [6.07, 6.45) is 0.730. The lowest BCUT2D eigenvalue weighted by Gasteiger charge is -2.41. The Labute approximate surface area is 204 Å². The van der Waals surface area contributed by atoms with Crippen molar-refractivity contribution in [2.24, 2.45) is 5.73 Å². The molecule has 1 aromatic heterocycles. The van der Waals surface area contributed by atoms with Crippen LogP contribution in [0, 0.1) is 11.6 Å². The molecule has 1 saturated heterocycles. The Morgan fingerprint density at radius 3 is 2.86 bits per heavy atom. The van der Waals surface area contributed by atoms with Crippen molar-refractivity contribution in [1.29, 1.82) is 0 Å². The van der Waals surface area contributed by atoms with E-state index in [0.29, 0.717) is 32.7 Å². The number of hydrogen-bond donors (Lipinski definition) is 2. The van der Waals surface area contributed by atoms with E-state index in [1.54, 1.807) is 0 Å². The van der Waals surface area contributed by atoms with E-state index in [9.17, 15) is 13.6 Å². The van der Waals surface area contributed by atoms with E-state index in [2.05, 4.69) is 28.6 Å². The van der Waals surface area contributed by atoms with Gasteiger partial charge in [-0.25, -0.2) is 18.6 Å². The Morgan fingerprint density at radius 2 is 2.14 bits per heavy atom. The van der Waals surface area contributed by atoms with Crippen LogP contribution in [0.1, 0.15) is 75.0 Å². The standard InChI is InChI=1S/C25H35F2N5O3/c1-4-6-9-34-25(33)29-20-11-17(14-35-24(20)18-10-16(26)7-8-19(18)27)32-13-21-23(15(32)3)30-22(12-28)31(21)5-2/h7-8,10,15,17,20,24H,4-6,9,11-14,28H2,1-3H3,(H,29,33)/t15?,17-,20+,24-/m1/s1. The van der Waals surface area contributed by atoms with Crippen LogP contribution in [-0.4, -0.2) is 45.8 Å². The molecule has 4 rings (SSSR count). The topological polar surface area (TPSA) is 94.6 Å². The van der Waals surface area contributed by atoms with E-state index in [1.165, 1.54) is 0 Å². The molecule has 2 aliphatic heterocycles. The zero-order valence-corrected chi connectivity index (χ0v) is 20.6. The number of carbonyl (C=O) groups is 1. The molecule has 2 aromatic rings. The zero-order valence-electron chi connectivity index (χ0n) is 20.6. The molecular formula is C25H35F2N5O3. The number of aromatic nitrogens is 2. The summed E-state index contributed by atoms with van der Waals surface area (Å²) in [7, 11) is 0. The molecular weight excluding hydrogens is 456 g/mol. The molecule has 0 spiro atoms. The molecule has 3 heterocycles. The normalized spacial score (nSPS) is 24.4.